The fourth-order valence-corrected chi connectivity index (χ4v) is 4.41. The molecule has 5 heteroatoms. The average Bonchev–Trinajstić information content (AvgIpc) is 3.04. The van der Waals surface area contributed by atoms with E-state index in [1.807, 2.05) is 30.4 Å². The van der Waals surface area contributed by atoms with Crippen LogP contribution in [0.5, 0.6) is 0 Å². The van der Waals surface area contributed by atoms with E-state index in [-0.39, 0.29) is 29.6 Å². The van der Waals surface area contributed by atoms with Gasteiger partial charge in [0.05, 0.1) is 17.5 Å². The summed E-state index contributed by atoms with van der Waals surface area (Å²) in [5, 5.41) is 3.05. The molecule has 5 nitrogen and oxygen atoms in total. The van der Waals surface area contributed by atoms with Gasteiger partial charge in [0.15, 0.2) is 0 Å². The van der Waals surface area contributed by atoms with E-state index in [0.29, 0.717) is 24.1 Å². The summed E-state index contributed by atoms with van der Waals surface area (Å²) in [5.74, 6) is -1.01. The highest BCUT2D eigenvalue weighted by atomic mass is 16.2. The lowest BCUT2D eigenvalue weighted by molar-refractivity contribution is -0.122. The number of rotatable bonds is 5. The molecule has 4 rings (SSSR count). The molecule has 1 N–H and O–H groups in total. The number of carbonyl (C=O) groups is 3. The molecule has 154 valence electrons. The third-order valence-corrected chi connectivity index (χ3v) is 6.13. The van der Waals surface area contributed by atoms with Gasteiger partial charge in [-0.3, -0.25) is 19.3 Å². The predicted molar refractivity (Wildman–Crippen MR) is 117 cm³/mol. The molecule has 30 heavy (non-hydrogen) atoms. The third kappa shape index (κ3) is 3.45. The second-order valence-electron chi connectivity index (χ2n) is 7.83. The van der Waals surface area contributed by atoms with Crippen molar-refractivity contribution in [2.45, 2.75) is 39.5 Å². The molecule has 0 unspecified atom stereocenters. The highest BCUT2D eigenvalue weighted by Gasteiger charge is 2.47. The molecule has 3 amide bonds. The molecular formula is C25H26N2O3. The molecule has 1 saturated heterocycles. The number of carbonyl (C=O) groups excluding carboxylic acids is 3. The van der Waals surface area contributed by atoms with Gasteiger partial charge in [-0.25, -0.2) is 0 Å². The quantitative estimate of drug-likeness (QED) is 0.591. The van der Waals surface area contributed by atoms with Crippen molar-refractivity contribution >= 4 is 29.1 Å². The standard InChI is InChI=1S/C25H26N2O3/c1-3-16-8-7-9-17(4-2)22(16)26-23(28)18-12-14-19(15-13-18)27-24(29)20-10-5-6-11-21(20)25(27)30/h5-9,12-15,20-21H,3-4,10-11H2,1-2H3,(H,26,28)/t20-,21-/m0/s1. The fraction of sp³-hybridized carbons (Fsp3) is 0.320. The zero-order valence-corrected chi connectivity index (χ0v) is 17.4. The van der Waals surface area contributed by atoms with Gasteiger partial charge in [0.1, 0.15) is 0 Å². The van der Waals surface area contributed by atoms with Crippen LogP contribution in [-0.2, 0) is 22.4 Å². The number of imide groups is 1. The van der Waals surface area contributed by atoms with Crippen LogP contribution >= 0.6 is 0 Å². The first-order chi connectivity index (χ1) is 14.5. The van der Waals surface area contributed by atoms with Gasteiger partial charge >= 0.3 is 0 Å². The summed E-state index contributed by atoms with van der Waals surface area (Å²) in [6.07, 6.45) is 6.84. The zero-order valence-electron chi connectivity index (χ0n) is 17.4. The van der Waals surface area contributed by atoms with Crippen molar-refractivity contribution in [3.63, 3.8) is 0 Å². The van der Waals surface area contributed by atoms with Gasteiger partial charge in [-0.05, 0) is 61.1 Å². The summed E-state index contributed by atoms with van der Waals surface area (Å²) in [6, 6.07) is 12.8. The molecule has 0 radical (unpaired) electrons. The number of nitrogens with zero attached hydrogens (tertiary/aromatic N) is 1. The molecule has 2 aromatic carbocycles. The van der Waals surface area contributed by atoms with E-state index in [1.165, 1.54) is 4.90 Å². The number of anilines is 2. The van der Waals surface area contributed by atoms with E-state index in [1.54, 1.807) is 24.3 Å². The molecule has 2 aromatic rings. The maximum Gasteiger partial charge on any atom is 0.255 e. The average molecular weight is 402 g/mol. The number of benzene rings is 2. The molecule has 1 fully saturated rings. The number of fused-ring (bicyclic) bond motifs is 1. The Bertz CT molecular complexity index is 975. The monoisotopic (exact) mass is 402 g/mol. The van der Waals surface area contributed by atoms with Crippen LogP contribution < -0.4 is 10.2 Å². The number of hydrogen-bond acceptors (Lipinski definition) is 3. The molecule has 0 aromatic heterocycles. The molecular weight excluding hydrogens is 376 g/mol. The minimum Gasteiger partial charge on any atom is -0.321 e. The molecule has 2 aliphatic rings. The van der Waals surface area contributed by atoms with Crippen LogP contribution in [0, 0.1) is 11.8 Å². The Balaban J connectivity index is 1.54. The number of amides is 3. The first-order valence-corrected chi connectivity index (χ1v) is 10.6. The summed E-state index contributed by atoms with van der Waals surface area (Å²) >= 11 is 0. The predicted octanol–water partition coefficient (Wildman–Crippen LogP) is 4.52. The van der Waals surface area contributed by atoms with Crippen LogP contribution in [0.3, 0.4) is 0 Å². The molecule has 1 heterocycles. The lowest BCUT2D eigenvalue weighted by atomic mass is 9.85. The maximum absolute atomic E-state index is 12.8. The Hall–Kier alpha value is -3.21. The highest BCUT2D eigenvalue weighted by molar-refractivity contribution is 6.22. The number of para-hydroxylation sites is 1. The van der Waals surface area contributed by atoms with Crippen molar-refractivity contribution < 1.29 is 14.4 Å². The molecule has 0 saturated carbocycles. The van der Waals surface area contributed by atoms with Gasteiger partial charge in [-0.2, -0.15) is 0 Å². The molecule has 0 bridgehead atoms. The van der Waals surface area contributed by atoms with Crippen molar-refractivity contribution in [3.05, 3.63) is 71.3 Å². The lowest BCUT2D eigenvalue weighted by Crippen LogP contribution is -2.30. The topological polar surface area (TPSA) is 66.5 Å². The number of hydrogen-bond donors (Lipinski definition) is 1. The molecule has 0 spiro atoms. The van der Waals surface area contributed by atoms with Crippen molar-refractivity contribution in [2.75, 3.05) is 10.2 Å². The van der Waals surface area contributed by atoms with Crippen LogP contribution in [0.4, 0.5) is 11.4 Å². The van der Waals surface area contributed by atoms with E-state index in [2.05, 4.69) is 19.2 Å². The van der Waals surface area contributed by atoms with Crippen LogP contribution in [0.15, 0.2) is 54.6 Å². The van der Waals surface area contributed by atoms with Crippen molar-refractivity contribution in [1.29, 1.82) is 0 Å². The first-order valence-electron chi connectivity index (χ1n) is 10.6. The fourth-order valence-electron chi connectivity index (χ4n) is 4.41. The van der Waals surface area contributed by atoms with E-state index in [4.69, 9.17) is 0 Å². The van der Waals surface area contributed by atoms with Gasteiger partial charge in [0.2, 0.25) is 11.8 Å². The van der Waals surface area contributed by atoms with Crippen molar-refractivity contribution in [1.82, 2.24) is 0 Å². The van der Waals surface area contributed by atoms with E-state index in [9.17, 15) is 14.4 Å². The molecule has 2 atom stereocenters. The summed E-state index contributed by atoms with van der Waals surface area (Å²) in [4.78, 5) is 39.6. The van der Waals surface area contributed by atoms with E-state index in [0.717, 1.165) is 29.7 Å². The SMILES string of the molecule is CCc1cccc(CC)c1NC(=O)c1ccc(N2C(=O)[C@H]3CC=CC[C@@H]3C2=O)cc1. The van der Waals surface area contributed by atoms with Crippen LogP contribution in [0.2, 0.25) is 0 Å². The summed E-state index contributed by atoms with van der Waals surface area (Å²) in [7, 11) is 0. The summed E-state index contributed by atoms with van der Waals surface area (Å²) < 4.78 is 0. The maximum atomic E-state index is 12.8. The van der Waals surface area contributed by atoms with Crippen LogP contribution in [0.25, 0.3) is 0 Å². The minimum atomic E-state index is -0.261. The van der Waals surface area contributed by atoms with Crippen molar-refractivity contribution in [3.8, 4) is 0 Å². The Morgan fingerprint density at radius 2 is 1.43 bits per heavy atom. The van der Waals surface area contributed by atoms with Crippen LogP contribution in [0.1, 0.15) is 48.2 Å². The molecule has 1 aliphatic carbocycles. The Labute approximate surface area is 176 Å². The van der Waals surface area contributed by atoms with Gasteiger partial charge < -0.3 is 5.32 Å². The Kier molecular flexibility index (Phi) is 5.53. The van der Waals surface area contributed by atoms with Crippen LogP contribution in [-0.4, -0.2) is 17.7 Å². The Morgan fingerprint density at radius 3 is 1.93 bits per heavy atom. The summed E-state index contributed by atoms with van der Waals surface area (Å²) in [6.45, 7) is 4.13. The number of aryl methyl sites for hydroxylation is 2. The first kappa shape index (κ1) is 20.1. The summed E-state index contributed by atoms with van der Waals surface area (Å²) in [5.41, 5.74) is 4.09. The third-order valence-electron chi connectivity index (χ3n) is 6.13. The number of nitrogens with one attached hydrogen (secondary N) is 1. The van der Waals surface area contributed by atoms with Gasteiger partial charge in [-0.15, -0.1) is 0 Å². The minimum absolute atomic E-state index is 0.143. The van der Waals surface area contributed by atoms with Gasteiger partial charge in [0, 0.05) is 11.3 Å². The largest absolute Gasteiger partial charge is 0.321 e. The zero-order chi connectivity index (χ0) is 21.3. The highest BCUT2D eigenvalue weighted by Crippen LogP contribution is 2.37. The van der Waals surface area contributed by atoms with E-state index >= 15 is 0 Å². The number of allylic oxidation sites excluding steroid dienone is 2. The second-order valence-corrected chi connectivity index (χ2v) is 7.83. The normalized spacial score (nSPS) is 20.4. The van der Waals surface area contributed by atoms with Gasteiger partial charge in [-0.1, -0.05) is 44.2 Å². The smallest absolute Gasteiger partial charge is 0.255 e. The molecule has 1 aliphatic heterocycles. The lowest BCUT2D eigenvalue weighted by Gasteiger charge is -2.16. The van der Waals surface area contributed by atoms with E-state index < -0.39 is 0 Å². The van der Waals surface area contributed by atoms with Gasteiger partial charge in [0.25, 0.3) is 5.91 Å². The second kappa shape index (κ2) is 8.27. The Morgan fingerprint density at radius 1 is 0.900 bits per heavy atom. The van der Waals surface area contributed by atoms with Crippen molar-refractivity contribution in [2.24, 2.45) is 11.8 Å².